The van der Waals surface area contributed by atoms with Crippen molar-refractivity contribution in [2.75, 3.05) is 0 Å². The van der Waals surface area contributed by atoms with Gasteiger partial charge >= 0.3 is 0 Å². The number of nitrogens with zero attached hydrogens (tertiary/aromatic N) is 3. The van der Waals surface area contributed by atoms with Crippen molar-refractivity contribution >= 4 is 0 Å². The third-order valence-electron chi connectivity index (χ3n) is 2.51. The first-order valence-corrected chi connectivity index (χ1v) is 5.11. The van der Waals surface area contributed by atoms with Crippen LogP contribution >= 0.6 is 0 Å². The van der Waals surface area contributed by atoms with Crippen LogP contribution in [0.1, 0.15) is 25.3 Å². The Morgan fingerprint density at radius 3 is 2.67 bits per heavy atom. The van der Waals surface area contributed by atoms with E-state index in [1.165, 1.54) is 5.56 Å². The largest absolute Gasteiger partial charge is 0.334 e. The minimum atomic E-state index is 0.498. The second-order valence-electron chi connectivity index (χ2n) is 4.02. The van der Waals surface area contributed by atoms with Crippen LogP contribution in [-0.4, -0.2) is 14.5 Å². The normalized spacial score (nSPS) is 10.9. The van der Waals surface area contributed by atoms with E-state index in [0.29, 0.717) is 5.92 Å². The van der Waals surface area contributed by atoms with Crippen molar-refractivity contribution in [1.29, 1.82) is 0 Å². The van der Waals surface area contributed by atoms with Crippen LogP contribution in [0.3, 0.4) is 0 Å². The van der Waals surface area contributed by atoms with Crippen LogP contribution < -0.4 is 0 Å². The molecule has 0 spiro atoms. The van der Waals surface area contributed by atoms with Crippen LogP contribution in [0.5, 0.6) is 0 Å². The number of hydrogen-bond acceptors (Lipinski definition) is 2. The minimum absolute atomic E-state index is 0.498. The lowest BCUT2D eigenvalue weighted by Gasteiger charge is -2.07. The van der Waals surface area contributed by atoms with E-state index in [1.807, 2.05) is 30.2 Å². The zero-order valence-corrected chi connectivity index (χ0v) is 9.31. The molecule has 0 aliphatic rings. The van der Waals surface area contributed by atoms with E-state index in [4.69, 9.17) is 0 Å². The van der Waals surface area contributed by atoms with Gasteiger partial charge in [0.1, 0.15) is 5.82 Å². The summed E-state index contributed by atoms with van der Waals surface area (Å²) < 4.78 is 2.00. The highest BCUT2D eigenvalue weighted by Crippen LogP contribution is 2.20. The zero-order chi connectivity index (χ0) is 10.8. The summed E-state index contributed by atoms with van der Waals surface area (Å²) in [6.45, 7) is 4.33. The van der Waals surface area contributed by atoms with Gasteiger partial charge in [0.25, 0.3) is 0 Å². The molecule has 3 heteroatoms. The molecule has 2 aromatic heterocycles. The van der Waals surface area contributed by atoms with Crippen LogP contribution in [0.15, 0.2) is 30.9 Å². The Kier molecular flexibility index (Phi) is 2.54. The fraction of sp³-hybridized carbons (Fsp3) is 0.333. The van der Waals surface area contributed by atoms with Crippen molar-refractivity contribution in [3.05, 3.63) is 36.4 Å². The Morgan fingerprint density at radius 2 is 2.07 bits per heavy atom. The number of pyridine rings is 1. The maximum absolute atomic E-state index is 4.31. The van der Waals surface area contributed by atoms with Gasteiger partial charge in [0, 0.05) is 37.4 Å². The molecule has 2 rings (SSSR count). The second-order valence-corrected chi connectivity index (χ2v) is 4.02. The maximum atomic E-state index is 4.31. The third kappa shape index (κ3) is 1.91. The smallest absolute Gasteiger partial charge is 0.141 e. The molecule has 0 fully saturated rings. The molecule has 0 aliphatic carbocycles. The third-order valence-corrected chi connectivity index (χ3v) is 2.51. The van der Waals surface area contributed by atoms with Crippen LogP contribution in [0.2, 0.25) is 0 Å². The summed E-state index contributed by atoms with van der Waals surface area (Å²) in [7, 11) is 1.99. The first-order valence-electron chi connectivity index (χ1n) is 5.11. The average Bonchev–Trinajstić information content (AvgIpc) is 2.64. The fourth-order valence-electron chi connectivity index (χ4n) is 1.54. The lowest BCUT2D eigenvalue weighted by Crippen LogP contribution is -1.95. The molecule has 0 saturated heterocycles. The Morgan fingerprint density at radius 1 is 1.27 bits per heavy atom. The molecule has 0 amide bonds. The van der Waals surface area contributed by atoms with Gasteiger partial charge in [0.05, 0.1) is 0 Å². The summed E-state index contributed by atoms with van der Waals surface area (Å²) in [5, 5.41) is 0. The predicted molar refractivity (Wildman–Crippen MR) is 60.5 cm³/mol. The maximum Gasteiger partial charge on any atom is 0.141 e. The lowest BCUT2D eigenvalue weighted by molar-refractivity contribution is 0.856. The standard InChI is InChI=1S/C12H15N3/c1-9(2)10-6-11(8-13-7-10)12-14-4-5-15(12)3/h4-9H,1-3H3. The van der Waals surface area contributed by atoms with Gasteiger partial charge in [-0.15, -0.1) is 0 Å². The summed E-state index contributed by atoms with van der Waals surface area (Å²) in [4.78, 5) is 8.56. The summed E-state index contributed by atoms with van der Waals surface area (Å²) >= 11 is 0. The summed E-state index contributed by atoms with van der Waals surface area (Å²) in [5.74, 6) is 1.46. The summed E-state index contributed by atoms with van der Waals surface area (Å²) in [5.41, 5.74) is 2.32. The van der Waals surface area contributed by atoms with E-state index in [0.717, 1.165) is 11.4 Å². The molecule has 0 unspecified atom stereocenters. The number of imidazole rings is 1. The number of aromatic nitrogens is 3. The SMILES string of the molecule is CC(C)c1cncc(-c2nccn2C)c1. The van der Waals surface area contributed by atoms with Crippen molar-refractivity contribution in [2.45, 2.75) is 19.8 Å². The topological polar surface area (TPSA) is 30.7 Å². The van der Waals surface area contributed by atoms with E-state index in [9.17, 15) is 0 Å². The molecule has 0 saturated carbocycles. The Balaban J connectivity index is 2.46. The van der Waals surface area contributed by atoms with Crippen LogP contribution in [0.25, 0.3) is 11.4 Å². The van der Waals surface area contributed by atoms with Gasteiger partial charge in [0.2, 0.25) is 0 Å². The van der Waals surface area contributed by atoms with Gasteiger partial charge in [0.15, 0.2) is 0 Å². The van der Waals surface area contributed by atoms with Gasteiger partial charge < -0.3 is 4.57 Å². The number of hydrogen-bond donors (Lipinski definition) is 0. The van der Waals surface area contributed by atoms with E-state index in [2.05, 4.69) is 29.9 Å². The molecule has 2 heterocycles. The molecule has 0 bridgehead atoms. The highest BCUT2D eigenvalue weighted by Gasteiger charge is 2.06. The molecule has 0 atom stereocenters. The van der Waals surface area contributed by atoms with Crippen LogP contribution in [-0.2, 0) is 7.05 Å². The van der Waals surface area contributed by atoms with Crippen LogP contribution in [0, 0.1) is 0 Å². The van der Waals surface area contributed by atoms with Gasteiger partial charge in [-0.1, -0.05) is 13.8 Å². The highest BCUT2D eigenvalue weighted by molar-refractivity contribution is 5.55. The van der Waals surface area contributed by atoms with Crippen molar-refractivity contribution in [2.24, 2.45) is 7.05 Å². The number of aryl methyl sites for hydroxylation is 1. The first kappa shape index (κ1) is 9.90. The molecule has 3 nitrogen and oxygen atoms in total. The minimum Gasteiger partial charge on any atom is -0.334 e. The average molecular weight is 201 g/mol. The molecule has 0 aromatic carbocycles. The fourth-order valence-corrected chi connectivity index (χ4v) is 1.54. The van der Waals surface area contributed by atoms with Crippen molar-refractivity contribution < 1.29 is 0 Å². The Labute approximate surface area is 89.8 Å². The van der Waals surface area contributed by atoms with E-state index in [-0.39, 0.29) is 0 Å². The Hall–Kier alpha value is -1.64. The molecule has 2 aromatic rings. The second kappa shape index (κ2) is 3.85. The Bertz CT molecular complexity index is 457. The van der Waals surface area contributed by atoms with Crippen LogP contribution in [0.4, 0.5) is 0 Å². The quantitative estimate of drug-likeness (QED) is 0.747. The molecule has 0 radical (unpaired) electrons. The van der Waals surface area contributed by atoms with Crippen molar-refractivity contribution in [3.8, 4) is 11.4 Å². The predicted octanol–water partition coefficient (Wildman–Crippen LogP) is 2.61. The first-order chi connectivity index (χ1) is 7.18. The molecule has 0 N–H and O–H groups in total. The molecule has 15 heavy (non-hydrogen) atoms. The van der Waals surface area contributed by atoms with Gasteiger partial charge in [-0.25, -0.2) is 4.98 Å². The van der Waals surface area contributed by atoms with E-state index in [1.54, 1.807) is 6.20 Å². The summed E-state index contributed by atoms with van der Waals surface area (Å²) in [6, 6.07) is 2.15. The van der Waals surface area contributed by atoms with Crippen molar-refractivity contribution in [3.63, 3.8) is 0 Å². The monoisotopic (exact) mass is 201 g/mol. The molecule has 0 aliphatic heterocycles. The van der Waals surface area contributed by atoms with E-state index < -0.39 is 0 Å². The van der Waals surface area contributed by atoms with E-state index >= 15 is 0 Å². The van der Waals surface area contributed by atoms with Crippen molar-refractivity contribution in [1.82, 2.24) is 14.5 Å². The molecular formula is C12H15N3. The number of rotatable bonds is 2. The zero-order valence-electron chi connectivity index (χ0n) is 9.31. The highest BCUT2D eigenvalue weighted by atomic mass is 15.0. The lowest BCUT2D eigenvalue weighted by atomic mass is 10.0. The molecular weight excluding hydrogens is 186 g/mol. The van der Waals surface area contributed by atoms with Gasteiger partial charge in [-0.3, -0.25) is 4.98 Å². The molecule has 78 valence electrons. The van der Waals surface area contributed by atoms with Gasteiger partial charge in [-0.05, 0) is 17.5 Å². The van der Waals surface area contributed by atoms with Gasteiger partial charge in [-0.2, -0.15) is 0 Å². The summed E-state index contributed by atoms with van der Waals surface area (Å²) in [6.07, 6.45) is 7.51.